The van der Waals surface area contributed by atoms with Crippen molar-refractivity contribution in [2.45, 2.75) is 44.2 Å². The molecule has 0 aromatic heterocycles. The maximum atomic E-state index is 11.7. The second-order valence-corrected chi connectivity index (χ2v) is 4.34. The molecule has 13 heavy (non-hydrogen) atoms. The Labute approximate surface area is 78.8 Å². The van der Waals surface area contributed by atoms with E-state index in [-0.39, 0.29) is 5.91 Å². The molecule has 2 atom stereocenters. The van der Waals surface area contributed by atoms with Crippen molar-refractivity contribution in [1.82, 2.24) is 5.32 Å². The lowest BCUT2D eigenvalue weighted by Gasteiger charge is -2.38. The highest BCUT2D eigenvalue weighted by atomic mass is 16.5. The number of amides is 1. The quantitative estimate of drug-likeness (QED) is 0.711. The highest BCUT2D eigenvalue weighted by Crippen LogP contribution is 2.37. The lowest BCUT2D eigenvalue weighted by molar-refractivity contribution is -0.154. The standard InChI is InChI=1S/C10H17NO2/c1-7-6-8(7)11-9(12)10(13-2)4-3-5-10/h7-8H,3-6H2,1-2H3,(H,11,12). The normalized spacial score (nSPS) is 34.9. The van der Waals surface area contributed by atoms with Crippen molar-refractivity contribution in [1.29, 1.82) is 0 Å². The molecule has 0 saturated heterocycles. The van der Waals surface area contributed by atoms with Gasteiger partial charge in [0.15, 0.2) is 0 Å². The molecular formula is C10H17NO2. The Balaban J connectivity index is 1.88. The molecular weight excluding hydrogens is 166 g/mol. The van der Waals surface area contributed by atoms with Crippen LogP contribution in [-0.2, 0) is 9.53 Å². The molecule has 0 spiro atoms. The number of nitrogens with one attached hydrogen (secondary N) is 1. The molecule has 74 valence electrons. The fraction of sp³-hybridized carbons (Fsp3) is 0.900. The molecule has 2 rings (SSSR count). The molecule has 1 N–H and O–H groups in total. The smallest absolute Gasteiger partial charge is 0.252 e. The lowest BCUT2D eigenvalue weighted by atomic mass is 9.79. The zero-order valence-electron chi connectivity index (χ0n) is 8.30. The van der Waals surface area contributed by atoms with E-state index in [1.165, 1.54) is 0 Å². The average molecular weight is 183 g/mol. The van der Waals surface area contributed by atoms with Gasteiger partial charge in [0, 0.05) is 13.2 Å². The summed E-state index contributed by atoms with van der Waals surface area (Å²) < 4.78 is 5.29. The van der Waals surface area contributed by atoms with Gasteiger partial charge in [-0.05, 0) is 31.6 Å². The fourth-order valence-corrected chi connectivity index (χ4v) is 1.84. The highest BCUT2D eigenvalue weighted by molar-refractivity contribution is 5.86. The second kappa shape index (κ2) is 2.98. The monoisotopic (exact) mass is 183 g/mol. The first-order chi connectivity index (χ1) is 6.18. The Morgan fingerprint density at radius 3 is 2.46 bits per heavy atom. The predicted octanol–water partition coefficient (Wildman–Crippen LogP) is 1.08. The van der Waals surface area contributed by atoms with Gasteiger partial charge in [-0.1, -0.05) is 6.92 Å². The van der Waals surface area contributed by atoms with Crippen LogP contribution in [0, 0.1) is 5.92 Å². The Kier molecular flexibility index (Phi) is 2.06. The van der Waals surface area contributed by atoms with Crippen LogP contribution in [0.25, 0.3) is 0 Å². The molecule has 2 fully saturated rings. The van der Waals surface area contributed by atoms with E-state index in [0.29, 0.717) is 12.0 Å². The van der Waals surface area contributed by atoms with Crippen molar-refractivity contribution in [3.63, 3.8) is 0 Å². The molecule has 0 bridgehead atoms. The minimum Gasteiger partial charge on any atom is -0.368 e. The van der Waals surface area contributed by atoms with Crippen molar-refractivity contribution < 1.29 is 9.53 Å². The van der Waals surface area contributed by atoms with Gasteiger partial charge < -0.3 is 10.1 Å². The molecule has 0 heterocycles. The van der Waals surface area contributed by atoms with Crippen LogP contribution in [0.15, 0.2) is 0 Å². The first kappa shape index (κ1) is 9.00. The molecule has 2 unspecified atom stereocenters. The minimum absolute atomic E-state index is 0.107. The van der Waals surface area contributed by atoms with E-state index in [4.69, 9.17) is 4.74 Å². The van der Waals surface area contributed by atoms with Gasteiger partial charge in [0.2, 0.25) is 0 Å². The Morgan fingerprint density at radius 2 is 2.15 bits per heavy atom. The molecule has 3 nitrogen and oxygen atoms in total. The first-order valence-corrected chi connectivity index (χ1v) is 5.04. The van der Waals surface area contributed by atoms with E-state index >= 15 is 0 Å². The van der Waals surface area contributed by atoms with Gasteiger partial charge in [0.05, 0.1) is 0 Å². The van der Waals surface area contributed by atoms with E-state index in [9.17, 15) is 4.79 Å². The van der Waals surface area contributed by atoms with Gasteiger partial charge in [-0.2, -0.15) is 0 Å². The zero-order valence-corrected chi connectivity index (χ0v) is 8.30. The van der Waals surface area contributed by atoms with E-state index < -0.39 is 5.60 Å². The van der Waals surface area contributed by atoms with E-state index in [2.05, 4.69) is 12.2 Å². The van der Waals surface area contributed by atoms with Crippen molar-refractivity contribution in [3.8, 4) is 0 Å². The third-order valence-corrected chi connectivity index (χ3v) is 3.39. The van der Waals surface area contributed by atoms with Crippen molar-refractivity contribution in [2.75, 3.05) is 7.11 Å². The summed E-state index contributed by atoms with van der Waals surface area (Å²) in [6, 6.07) is 0.417. The predicted molar refractivity (Wildman–Crippen MR) is 49.3 cm³/mol. The van der Waals surface area contributed by atoms with Gasteiger partial charge in [0.25, 0.3) is 5.91 Å². The Bertz CT molecular complexity index is 217. The number of hydrogen-bond acceptors (Lipinski definition) is 2. The Morgan fingerprint density at radius 1 is 1.54 bits per heavy atom. The van der Waals surface area contributed by atoms with Gasteiger partial charge in [-0.3, -0.25) is 4.79 Å². The van der Waals surface area contributed by atoms with Crippen LogP contribution in [0.2, 0.25) is 0 Å². The summed E-state index contributed by atoms with van der Waals surface area (Å²) in [5, 5.41) is 3.03. The molecule has 2 aliphatic rings. The summed E-state index contributed by atoms with van der Waals surface area (Å²) >= 11 is 0. The topological polar surface area (TPSA) is 38.3 Å². The number of methoxy groups -OCH3 is 1. The van der Waals surface area contributed by atoms with Crippen LogP contribution in [0.3, 0.4) is 0 Å². The molecule has 2 saturated carbocycles. The van der Waals surface area contributed by atoms with Crippen LogP contribution in [0.4, 0.5) is 0 Å². The average Bonchev–Trinajstić information content (AvgIpc) is 2.65. The summed E-state index contributed by atoms with van der Waals surface area (Å²) in [6.45, 7) is 2.16. The summed E-state index contributed by atoms with van der Waals surface area (Å²) in [4.78, 5) is 11.7. The van der Waals surface area contributed by atoms with Crippen molar-refractivity contribution >= 4 is 5.91 Å². The number of rotatable bonds is 3. The molecule has 2 aliphatic carbocycles. The third-order valence-electron chi connectivity index (χ3n) is 3.39. The second-order valence-electron chi connectivity index (χ2n) is 4.34. The number of hydrogen-bond donors (Lipinski definition) is 1. The minimum atomic E-state index is -0.470. The summed E-state index contributed by atoms with van der Waals surface area (Å²) in [5.74, 6) is 0.772. The van der Waals surface area contributed by atoms with Gasteiger partial charge in [0.1, 0.15) is 5.60 Å². The SMILES string of the molecule is COC1(C(=O)NC2CC2C)CCC1. The zero-order chi connectivity index (χ0) is 9.47. The van der Waals surface area contributed by atoms with Crippen LogP contribution in [-0.4, -0.2) is 24.7 Å². The van der Waals surface area contributed by atoms with E-state index in [1.54, 1.807) is 7.11 Å². The summed E-state index contributed by atoms with van der Waals surface area (Å²) in [5.41, 5.74) is -0.470. The number of carbonyl (C=O) groups excluding carboxylic acids is 1. The van der Waals surface area contributed by atoms with Gasteiger partial charge in [-0.15, -0.1) is 0 Å². The van der Waals surface area contributed by atoms with Gasteiger partial charge >= 0.3 is 0 Å². The molecule has 0 aromatic rings. The molecule has 0 radical (unpaired) electrons. The van der Waals surface area contributed by atoms with Crippen molar-refractivity contribution in [3.05, 3.63) is 0 Å². The molecule has 0 aliphatic heterocycles. The largest absolute Gasteiger partial charge is 0.368 e. The molecule has 3 heteroatoms. The fourth-order valence-electron chi connectivity index (χ4n) is 1.84. The highest BCUT2D eigenvalue weighted by Gasteiger charge is 2.47. The number of ether oxygens (including phenoxy) is 1. The van der Waals surface area contributed by atoms with E-state index in [1.807, 2.05) is 0 Å². The van der Waals surface area contributed by atoms with Crippen molar-refractivity contribution in [2.24, 2.45) is 5.92 Å². The summed E-state index contributed by atoms with van der Waals surface area (Å²) in [7, 11) is 1.63. The van der Waals surface area contributed by atoms with Gasteiger partial charge in [-0.25, -0.2) is 0 Å². The maximum absolute atomic E-state index is 11.7. The van der Waals surface area contributed by atoms with E-state index in [0.717, 1.165) is 25.7 Å². The molecule has 1 amide bonds. The van der Waals surface area contributed by atoms with Crippen LogP contribution in [0.1, 0.15) is 32.6 Å². The molecule has 0 aromatic carbocycles. The Hall–Kier alpha value is -0.570. The third kappa shape index (κ3) is 1.46. The van der Waals surface area contributed by atoms with Crippen LogP contribution < -0.4 is 5.32 Å². The first-order valence-electron chi connectivity index (χ1n) is 5.04. The number of carbonyl (C=O) groups is 1. The van der Waals surface area contributed by atoms with Crippen LogP contribution in [0.5, 0.6) is 0 Å². The lowest BCUT2D eigenvalue weighted by Crippen LogP contribution is -2.53. The van der Waals surface area contributed by atoms with Crippen LogP contribution >= 0.6 is 0 Å². The maximum Gasteiger partial charge on any atom is 0.252 e. The summed E-state index contributed by atoms with van der Waals surface area (Å²) in [6.07, 6.45) is 4.01.